The lowest BCUT2D eigenvalue weighted by Crippen LogP contribution is -2.15. The van der Waals surface area contributed by atoms with Gasteiger partial charge in [0.05, 0.1) is 24.9 Å². The van der Waals surface area contributed by atoms with E-state index in [1.165, 1.54) is 18.4 Å². The number of aryl methyl sites for hydroxylation is 2. The summed E-state index contributed by atoms with van der Waals surface area (Å²) < 4.78 is 9.71. The van der Waals surface area contributed by atoms with Gasteiger partial charge in [0.15, 0.2) is 5.13 Å². The molecule has 9 heteroatoms. The number of aromatic amines is 1. The number of methoxy groups -OCH3 is 1. The van der Waals surface area contributed by atoms with E-state index in [1.54, 1.807) is 31.5 Å². The van der Waals surface area contributed by atoms with Crippen LogP contribution in [-0.2, 0) is 16.0 Å². The second kappa shape index (κ2) is 6.89. The van der Waals surface area contributed by atoms with Gasteiger partial charge in [0.25, 0.3) is 0 Å². The number of nitrogens with one attached hydrogen (secondary N) is 2. The summed E-state index contributed by atoms with van der Waals surface area (Å²) in [7, 11) is 1.32. The van der Waals surface area contributed by atoms with Crippen molar-refractivity contribution in [3.05, 3.63) is 40.4 Å². The van der Waals surface area contributed by atoms with E-state index in [0.717, 1.165) is 11.1 Å². The Labute approximate surface area is 147 Å². The van der Waals surface area contributed by atoms with Gasteiger partial charge in [0, 0.05) is 22.7 Å². The highest BCUT2D eigenvalue weighted by Gasteiger charge is 2.16. The fourth-order valence-electron chi connectivity index (χ4n) is 2.31. The van der Waals surface area contributed by atoms with Crippen LogP contribution >= 0.6 is 11.3 Å². The van der Waals surface area contributed by atoms with Gasteiger partial charge in [-0.3, -0.25) is 4.79 Å². The van der Waals surface area contributed by atoms with Gasteiger partial charge < -0.3 is 19.6 Å². The third-order valence-electron chi connectivity index (χ3n) is 3.65. The van der Waals surface area contributed by atoms with Gasteiger partial charge in [-0.2, -0.15) is 0 Å². The van der Waals surface area contributed by atoms with Crippen molar-refractivity contribution in [1.82, 2.24) is 15.1 Å². The molecule has 8 nitrogen and oxygen atoms in total. The van der Waals surface area contributed by atoms with E-state index >= 15 is 0 Å². The van der Waals surface area contributed by atoms with E-state index in [2.05, 4.69) is 25.2 Å². The molecule has 0 aliphatic heterocycles. The number of aromatic nitrogens is 3. The number of carbonyl (C=O) groups is 2. The maximum Gasteiger partial charge on any atom is 0.354 e. The predicted molar refractivity (Wildman–Crippen MR) is 91.6 cm³/mol. The third-order valence-corrected chi connectivity index (χ3v) is 4.41. The first-order valence-corrected chi connectivity index (χ1v) is 8.30. The molecule has 3 rings (SSSR count). The number of H-pyrrole nitrogens is 1. The number of hydrogen-bond acceptors (Lipinski definition) is 7. The largest absolute Gasteiger partial charge is 0.464 e. The summed E-state index contributed by atoms with van der Waals surface area (Å²) in [5.41, 5.74) is 3.22. The van der Waals surface area contributed by atoms with Crippen LogP contribution in [-0.4, -0.2) is 34.1 Å². The Morgan fingerprint density at radius 1 is 1.40 bits per heavy atom. The quantitative estimate of drug-likeness (QED) is 0.677. The standard InChI is InChI=1S/C16H16N4O4S/c1-8-11(9(2)24-20-8)5-14(21)19-16-18-13(7-25-16)10-4-12(17-6-10)15(22)23-3/h4,6-7,17H,5H2,1-3H3,(H,18,19,21). The maximum atomic E-state index is 12.2. The lowest BCUT2D eigenvalue weighted by Gasteiger charge is -2.01. The van der Waals surface area contributed by atoms with Crippen LogP contribution in [0.5, 0.6) is 0 Å². The van der Waals surface area contributed by atoms with Crippen molar-refractivity contribution >= 4 is 28.3 Å². The van der Waals surface area contributed by atoms with Gasteiger partial charge >= 0.3 is 5.97 Å². The molecule has 0 radical (unpaired) electrons. The Balaban J connectivity index is 1.68. The van der Waals surface area contributed by atoms with Crippen molar-refractivity contribution < 1.29 is 18.8 Å². The van der Waals surface area contributed by atoms with E-state index < -0.39 is 5.97 Å². The Kier molecular flexibility index (Phi) is 4.66. The lowest BCUT2D eigenvalue weighted by atomic mass is 10.1. The summed E-state index contributed by atoms with van der Waals surface area (Å²) in [4.78, 5) is 30.9. The Hall–Kier alpha value is -2.94. The zero-order valence-electron chi connectivity index (χ0n) is 13.9. The molecule has 0 spiro atoms. The van der Waals surface area contributed by atoms with Crippen LogP contribution in [0.1, 0.15) is 27.5 Å². The zero-order chi connectivity index (χ0) is 18.0. The molecule has 0 atom stereocenters. The van der Waals surface area contributed by atoms with Crippen molar-refractivity contribution in [1.29, 1.82) is 0 Å². The predicted octanol–water partition coefficient (Wildman–Crippen LogP) is 2.71. The smallest absolute Gasteiger partial charge is 0.354 e. The van der Waals surface area contributed by atoms with Crippen molar-refractivity contribution in [2.24, 2.45) is 0 Å². The van der Waals surface area contributed by atoms with Gasteiger partial charge in [-0.1, -0.05) is 5.16 Å². The highest BCUT2D eigenvalue weighted by Crippen LogP contribution is 2.26. The van der Waals surface area contributed by atoms with E-state index in [4.69, 9.17) is 4.52 Å². The topological polar surface area (TPSA) is 110 Å². The molecular weight excluding hydrogens is 344 g/mol. The Morgan fingerprint density at radius 2 is 2.20 bits per heavy atom. The van der Waals surface area contributed by atoms with Crippen LogP contribution in [0.2, 0.25) is 0 Å². The van der Waals surface area contributed by atoms with Crippen LogP contribution in [0.4, 0.5) is 5.13 Å². The molecule has 3 heterocycles. The number of thiazole rings is 1. The zero-order valence-corrected chi connectivity index (χ0v) is 14.7. The van der Waals surface area contributed by atoms with Crippen molar-refractivity contribution in [3.63, 3.8) is 0 Å². The number of amides is 1. The van der Waals surface area contributed by atoms with Crippen molar-refractivity contribution in [2.45, 2.75) is 20.3 Å². The van der Waals surface area contributed by atoms with Gasteiger partial charge in [-0.05, 0) is 19.9 Å². The number of rotatable bonds is 5. The first kappa shape index (κ1) is 16.9. The van der Waals surface area contributed by atoms with Crippen molar-refractivity contribution in [2.75, 3.05) is 12.4 Å². The second-order valence-corrected chi connectivity index (χ2v) is 6.22. The summed E-state index contributed by atoms with van der Waals surface area (Å²) in [5.74, 6) is -0.00998. The van der Waals surface area contributed by atoms with E-state index in [9.17, 15) is 9.59 Å². The van der Waals surface area contributed by atoms with Crippen molar-refractivity contribution in [3.8, 4) is 11.3 Å². The average molecular weight is 360 g/mol. The molecule has 130 valence electrons. The summed E-state index contributed by atoms with van der Waals surface area (Å²) in [6.07, 6.45) is 1.84. The molecule has 1 amide bonds. The average Bonchev–Trinajstić information content (AvgIpc) is 3.31. The number of anilines is 1. The molecule has 3 aromatic rings. The molecular formula is C16H16N4O4S. The van der Waals surface area contributed by atoms with Gasteiger partial charge in [-0.15, -0.1) is 11.3 Å². The summed E-state index contributed by atoms with van der Waals surface area (Å²) in [6, 6.07) is 1.65. The highest BCUT2D eigenvalue weighted by atomic mass is 32.1. The Morgan fingerprint density at radius 3 is 2.88 bits per heavy atom. The van der Waals surface area contributed by atoms with Crippen LogP contribution in [0.25, 0.3) is 11.3 Å². The molecule has 2 N–H and O–H groups in total. The molecule has 0 saturated carbocycles. The molecule has 25 heavy (non-hydrogen) atoms. The number of ether oxygens (including phenoxy) is 1. The number of hydrogen-bond donors (Lipinski definition) is 2. The van der Waals surface area contributed by atoms with E-state index in [1.807, 2.05) is 0 Å². The molecule has 0 bridgehead atoms. The second-order valence-electron chi connectivity index (χ2n) is 5.36. The summed E-state index contributed by atoms with van der Waals surface area (Å²) in [6.45, 7) is 3.57. The van der Waals surface area contributed by atoms with E-state index in [-0.39, 0.29) is 12.3 Å². The molecule has 3 aromatic heterocycles. The first-order chi connectivity index (χ1) is 12.0. The molecule has 0 fully saturated rings. The minimum absolute atomic E-state index is 0.173. The first-order valence-electron chi connectivity index (χ1n) is 7.42. The van der Waals surface area contributed by atoms with Crippen LogP contribution in [0.3, 0.4) is 0 Å². The minimum Gasteiger partial charge on any atom is -0.464 e. The van der Waals surface area contributed by atoms with Gasteiger partial charge in [-0.25, -0.2) is 9.78 Å². The Bertz CT molecular complexity index is 905. The van der Waals surface area contributed by atoms with Crippen LogP contribution in [0, 0.1) is 13.8 Å². The molecule has 0 aliphatic carbocycles. The van der Waals surface area contributed by atoms with Gasteiger partial charge in [0.2, 0.25) is 5.91 Å². The van der Waals surface area contributed by atoms with Gasteiger partial charge in [0.1, 0.15) is 11.5 Å². The fraction of sp³-hybridized carbons (Fsp3) is 0.250. The molecule has 0 aliphatic rings. The monoisotopic (exact) mass is 360 g/mol. The number of nitrogens with zero attached hydrogens (tertiary/aromatic N) is 2. The maximum absolute atomic E-state index is 12.2. The normalized spacial score (nSPS) is 10.7. The molecule has 0 saturated heterocycles. The number of esters is 1. The highest BCUT2D eigenvalue weighted by molar-refractivity contribution is 7.14. The minimum atomic E-state index is -0.450. The summed E-state index contributed by atoms with van der Waals surface area (Å²) in [5, 5.41) is 8.88. The van der Waals surface area contributed by atoms with Crippen LogP contribution < -0.4 is 5.32 Å². The number of carbonyl (C=O) groups excluding carboxylic acids is 2. The SMILES string of the molecule is COC(=O)c1cc(-c2csc(NC(=O)Cc3c(C)noc3C)n2)c[nH]1. The fourth-order valence-corrected chi connectivity index (χ4v) is 3.05. The summed E-state index contributed by atoms with van der Waals surface area (Å²) >= 11 is 1.30. The molecule has 0 aromatic carbocycles. The van der Waals surface area contributed by atoms with E-state index in [0.29, 0.717) is 28.0 Å². The third kappa shape index (κ3) is 3.61. The molecule has 0 unspecified atom stereocenters. The lowest BCUT2D eigenvalue weighted by molar-refractivity contribution is -0.115. The van der Waals surface area contributed by atoms with Crippen LogP contribution in [0.15, 0.2) is 22.2 Å².